The number of nitrogens with two attached hydrogens (primary N) is 1. The van der Waals surface area contributed by atoms with Gasteiger partial charge in [-0.1, -0.05) is 11.6 Å². The maximum absolute atomic E-state index is 5.88. The van der Waals surface area contributed by atoms with E-state index in [2.05, 4.69) is 26.2 Å². The Balaban J connectivity index is 2.66. The first-order valence-corrected chi connectivity index (χ1v) is 4.47. The van der Waals surface area contributed by atoms with E-state index in [9.17, 15) is 0 Å². The molecule has 1 aliphatic heterocycles. The lowest BCUT2D eigenvalue weighted by molar-refractivity contribution is 0.981. The molecule has 0 amide bonds. The van der Waals surface area contributed by atoms with E-state index in [1.165, 1.54) is 4.68 Å². The van der Waals surface area contributed by atoms with Crippen molar-refractivity contribution < 1.29 is 0 Å². The second-order valence-electron chi connectivity index (χ2n) is 2.39. The summed E-state index contributed by atoms with van der Waals surface area (Å²) in [6, 6.07) is 0. The average Bonchev–Trinajstić information content (AvgIpc) is 2.29. The van der Waals surface area contributed by atoms with Gasteiger partial charge in [0.15, 0.2) is 0 Å². The Kier molecular flexibility index (Phi) is 1.77. The second kappa shape index (κ2) is 2.67. The first-order valence-electron chi connectivity index (χ1n) is 3.30. The molecule has 4 nitrogen and oxygen atoms in total. The van der Waals surface area contributed by atoms with Crippen LogP contribution in [-0.4, -0.2) is 16.5 Å². The van der Waals surface area contributed by atoms with E-state index in [-0.39, 0.29) is 0 Å². The Morgan fingerprint density at radius 3 is 3.17 bits per heavy atom. The first kappa shape index (κ1) is 7.94. The fourth-order valence-electron chi connectivity index (χ4n) is 1.13. The van der Waals surface area contributed by atoms with Gasteiger partial charge in [0.1, 0.15) is 17.7 Å². The Morgan fingerprint density at radius 2 is 2.50 bits per heavy atom. The van der Waals surface area contributed by atoms with Crippen LogP contribution in [0.2, 0.25) is 0 Å². The Hall–Kier alpha value is -0.680. The Bertz CT molecular complexity index is 357. The van der Waals surface area contributed by atoms with E-state index in [0.717, 1.165) is 15.9 Å². The van der Waals surface area contributed by atoms with Crippen LogP contribution >= 0.6 is 27.5 Å². The standard InChI is InChI=1S/C6H6BrClN4/c7-3-1-12(9)6-4(3)5(8)10-2-11-6/h1,11H,2,9H2. The number of aromatic nitrogens is 1. The van der Waals surface area contributed by atoms with Crippen LogP contribution in [0.4, 0.5) is 5.82 Å². The predicted molar refractivity (Wildman–Crippen MR) is 53.2 cm³/mol. The lowest BCUT2D eigenvalue weighted by Gasteiger charge is -2.12. The molecule has 64 valence electrons. The molecular formula is C6H6BrClN4. The Labute approximate surface area is 82.5 Å². The van der Waals surface area contributed by atoms with Gasteiger partial charge in [-0.25, -0.2) is 0 Å². The second-order valence-corrected chi connectivity index (χ2v) is 3.60. The normalized spacial score (nSPS) is 15.0. The van der Waals surface area contributed by atoms with E-state index >= 15 is 0 Å². The molecule has 0 aromatic carbocycles. The molecule has 0 spiro atoms. The van der Waals surface area contributed by atoms with Crippen LogP contribution < -0.4 is 11.2 Å². The molecule has 1 aliphatic rings. The van der Waals surface area contributed by atoms with Gasteiger partial charge in [0.05, 0.1) is 5.56 Å². The summed E-state index contributed by atoms with van der Waals surface area (Å²) in [4.78, 5) is 4.02. The van der Waals surface area contributed by atoms with Crippen LogP contribution in [0.1, 0.15) is 5.56 Å². The summed E-state index contributed by atoms with van der Waals surface area (Å²) < 4.78 is 2.33. The van der Waals surface area contributed by atoms with Gasteiger partial charge in [-0.05, 0) is 15.9 Å². The minimum Gasteiger partial charge on any atom is -0.350 e. The van der Waals surface area contributed by atoms with E-state index in [0.29, 0.717) is 11.8 Å². The van der Waals surface area contributed by atoms with Gasteiger partial charge >= 0.3 is 0 Å². The van der Waals surface area contributed by atoms with Crippen molar-refractivity contribution in [2.75, 3.05) is 17.8 Å². The summed E-state index contributed by atoms with van der Waals surface area (Å²) in [6.07, 6.45) is 1.74. The van der Waals surface area contributed by atoms with Crippen LogP contribution in [0.5, 0.6) is 0 Å². The van der Waals surface area contributed by atoms with Crippen molar-refractivity contribution in [2.45, 2.75) is 0 Å². The molecule has 0 fully saturated rings. The molecule has 0 unspecified atom stereocenters. The van der Waals surface area contributed by atoms with E-state index in [4.69, 9.17) is 17.4 Å². The minimum absolute atomic E-state index is 0.472. The average molecular weight is 249 g/mol. The molecular weight excluding hydrogens is 243 g/mol. The molecule has 2 heterocycles. The number of rotatable bonds is 0. The monoisotopic (exact) mass is 248 g/mol. The fraction of sp³-hybridized carbons (Fsp3) is 0.167. The molecule has 0 saturated carbocycles. The number of hydrogen-bond acceptors (Lipinski definition) is 3. The number of fused-ring (bicyclic) bond motifs is 1. The van der Waals surface area contributed by atoms with Crippen molar-refractivity contribution >= 4 is 38.5 Å². The number of aliphatic imine (C=N–C) groups is 1. The molecule has 0 saturated heterocycles. The molecule has 2 rings (SSSR count). The lowest BCUT2D eigenvalue weighted by atomic mass is 10.3. The summed E-state index contributed by atoms with van der Waals surface area (Å²) in [5, 5.41) is 3.50. The maximum Gasteiger partial charge on any atom is 0.137 e. The van der Waals surface area contributed by atoms with E-state index in [1.54, 1.807) is 6.20 Å². The SMILES string of the molecule is Nn1cc(Br)c2c1NCN=C2Cl. The van der Waals surface area contributed by atoms with Crippen LogP contribution in [0, 0.1) is 0 Å². The topological polar surface area (TPSA) is 55.3 Å². The number of nitrogen functional groups attached to an aromatic ring is 1. The number of nitrogens with one attached hydrogen (secondary N) is 1. The van der Waals surface area contributed by atoms with Gasteiger partial charge in [0, 0.05) is 10.7 Å². The molecule has 12 heavy (non-hydrogen) atoms. The zero-order valence-corrected chi connectivity index (χ0v) is 8.35. The number of hydrogen-bond donors (Lipinski definition) is 2. The molecule has 1 aromatic heterocycles. The van der Waals surface area contributed by atoms with Crippen molar-refractivity contribution in [3.8, 4) is 0 Å². The predicted octanol–water partition coefficient (Wildman–Crippen LogP) is 1.33. The highest BCUT2D eigenvalue weighted by atomic mass is 79.9. The van der Waals surface area contributed by atoms with Gasteiger partial charge in [-0.15, -0.1) is 0 Å². The molecule has 0 atom stereocenters. The van der Waals surface area contributed by atoms with Crippen molar-refractivity contribution in [3.63, 3.8) is 0 Å². The molecule has 0 aliphatic carbocycles. The molecule has 0 radical (unpaired) electrons. The third kappa shape index (κ3) is 1.01. The van der Waals surface area contributed by atoms with Crippen molar-refractivity contribution in [2.24, 2.45) is 4.99 Å². The summed E-state index contributed by atoms with van der Waals surface area (Å²) in [6.45, 7) is 0.472. The van der Waals surface area contributed by atoms with Crippen molar-refractivity contribution in [3.05, 3.63) is 16.2 Å². The van der Waals surface area contributed by atoms with Gasteiger partial charge in [0.2, 0.25) is 0 Å². The zero-order valence-electron chi connectivity index (χ0n) is 6.01. The summed E-state index contributed by atoms with van der Waals surface area (Å²) in [5.41, 5.74) is 0.824. The highest BCUT2D eigenvalue weighted by molar-refractivity contribution is 9.10. The van der Waals surface area contributed by atoms with Crippen LogP contribution in [0.15, 0.2) is 15.7 Å². The first-order chi connectivity index (χ1) is 5.70. The van der Waals surface area contributed by atoms with E-state index in [1.807, 2.05) is 0 Å². The van der Waals surface area contributed by atoms with E-state index < -0.39 is 0 Å². The van der Waals surface area contributed by atoms with Gasteiger partial charge in [-0.2, -0.15) is 0 Å². The van der Waals surface area contributed by atoms with Gasteiger partial charge < -0.3 is 11.2 Å². The van der Waals surface area contributed by atoms with Crippen LogP contribution in [-0.2, 0) is 0 Å². The fourth-order valence-corrected chi connectivity index (χ4v) is 2.09. The van der Waals surface area contributed by atoms with Crippen molar-refractivity contribution in [1.82, 2.24) is 4.68 Å². The summed E-state index contributed by atoms with van der Waals surface area (Å²) in [5.74, 6) is 6.43. The quantitative estimate of drug-likeness (QED) is 0.682. The third-order valence-electron chi connectivity index (χ3n) is 1.66. The van der Waals surface area contributed by atoms with Crippen molar-refractivity contribution in [1.29, 1.82) is 0 Å². The van der Waals surface area contributed by atoms with Gasteiger partial charge in [0.25, 0.3) is 0 Å². The maximum atomic E-state index is 5.88. The minimum atomic E-state index is 0.472. The summed E-state index contributed by atoms with van der Waals surface area (Å²) in [7, 11) is 0. The highest BCUT2D eigenvalue weighted by Gasteiger charge is 2.19. The smallest absolute Gasteiger partial charge is 0.137 e. The lowest BCUT2D eigenvalue weighted by Crippen LogP contribution is -2.17. The van der Waals surface area contributed by atoms with Gasteiger partial charge in [-0.3, -0.25) is 9.67 Å². The summed E-state index contributed by atoms with van der Waals surface area (Å²) >= 11 is 9.21. The molecule has 6 heteroatoms. The number of halogens is 2. The van der Waals surface area contributed by atoms with Crippen LogP contribution in [0.3, 0.4) is 0 Å². The number of anilines is 1. The van der Waals surface area contributed by atoms with Crippen LogP contribution in [0.25, 0.3) is 0 Å². The highest BCUT2D eigenvalue weighted by Crippen LogP contribution is 2.29. The third-order valence-corrected chi connectivity index (χ3v) is 2.57. The molecule has 1 aromatic rings. The number of nitrogens with zero attached hydrogens (tertiary/aromatic N) is 2. The Morgan fingerprint density at radius 1 is 1.75 bits per heavy atom. The molecule has 3 N–H and O–H groups in total. The molecule has 0 bridgehead atoms. The zero-order chi connectivity index (χ0) is 8.72. The largest absolute Gasteiger partial charge is 0.350 e.